The summed E-state index contributed by atoms with van der Waals surface area (Å²) in [7, 11) is 6.17. The molecule has 0 spiro atoms. The normalized spacial score (nSPS) is 11.4. The van der Waals surface area contributed by atoms with E-state index in [1.165, 1.54) is 11.6 Å². The first-order valence-corrected chi connectivity index (χ1v) is 7.52. The Kier molecular flexibility index (Phi) is 4.18. The van der Waals surface area contributed by atoms with Gasteiger partial charge in [0.15, 0.2) is 5.65 Å². The molecular formula is C17H18N4O4. The minimum atomic E-state index is -0.420. The average molecular weight is 342 g/mol. The van der Waals surface area contributed by atoms with Crippen LogP contribution in [0.25, 0.3) is 23.3 Å². The first-order valence-electron chi connectivity index (χ1n) is 7.52. The first kappa shape index (κ1) is 16.6. The summed E-state index contributed by atoms with van der Waals surface area (Å²) in [6.07, 6.45) is 3.52. The predicted molar refractivity (Wildman–Crippen MR) is 95.0 cm³/mol. The fourth-order valence-corrected chi connectivity index (χ4v) is 2.55. The fraction of sp³-hybridized carbons (Fsp3) is 0.235. The molecule has 0 aliphatic carbocycles. The number of aromatic amines is 1. The van der Waals surface area contributed by atoms with E-state index in [0.29, 0.717) is 23.0 Å². The third-order valence-electron chi connectivity index (χ3n) is 3.97. The van der Waals surface area contributed by atoms with E-state index in [4.69, 9.17) is 9.47 Å². The van der Waals surface area contributed by atoms with Crippen LogP contribution in [0.5, 0.6) is 11.5 Å². The summed E-state index contributed by atoms with van der Waals surface area (Å²) in [5.74, 6) is 1.80. The van der Waals surface area contributed by atoms with Gasteiger partial charge in [0.25, 0.3) is 5.56 Å². The molecule has 0 aliphatic heterocycles. The lowest BCUT2D eigenvalue weighted by atomic mass is 10.1. The molecular weight excluding hydrogens is 324 g/mol. The summed E-state index contributed by atoms with van der Waals surface area (Å²) < 4.78 is 12.9. The van der Waals surface area contributed by atoms with Gasteiger partial charge in [0.2, 0.25) is 0 Å². The van der Waals surface area contributed by atoms with Gasteiger partial charge in [0, 0.05) is 25.7 Å². The number of ether oxygens (including phenoxy) is 2. The Balaban J connectivity index is 2.06. The minimum Gasteiger partial charge on any atom is -0.497 e. The number of aromatic nitrogens is 4. The molecule has 2 heterocycles. The van der Waals surface area contributed by atoms with Crippen molar-refractivity contribution < 1.29 is 9.47 Å². The topological polar surface area (TPSA) is 91.1 Å². The number of hydrogen-bond donors (Lipinski definition) is 1. The van der Waals surface area contributed by atoms with Crippen molar-refractivity contribution in [2.24, 2.45) is 14.1 Å². The van der Waals surface area contributed by atoms with Crippen molar-refractivity contribution >= 4 is 23.3 Å². The van der Waals surface area contributed by atoms with E-state index in [1.54, 1.807) is 39.5 Å². The van der Waals surface area contributed by atoms with Crippen molar-refractivity contribution in [3.8, 4) is 11.5 Å². The Hall–Kier alpha value is -3.29. The number of nitrogens with one attached hydrogen (secondary N) is 1. The van der Waals surface area contributed by atoms with Gasteiger partial charge in [0.05, 0.1) is 14.2 Å². The highest BCUT2D eigenvalue weighted by atomic mass is 16.5. The van der Waals surface area contributed by atoms with Gasteiger partial charge in [-0.05, 0) is 24.3 Å². The van der Waals surface area contributed by atoms with Gasteiger partial charge < -0.3 is 14.5 Å². The van der Waals surface area contributed by atoms with Crippen molar-refractivity contribution in [2.75, 3.05) is 14.2 Å². The Morgan fingerprint density at radius 3 is 2.52 bits per heavy atom. The van der Waals surface area contributed by atoms with Gasteiger partial charge in [0.1, 0.15) is 22.8 Å². The van der Waals surface area contributed by atoms with E-state index in [0.717, 1.165) is 10.1 Å². The summed E-state index contributed by atoms with van der Waals surface area (Å²) in [5.41, 5.74) is 0.592. The number of nitrogens with zero attached hydrogens (tertiary/aromatic N) is 3. The molecule has 0 unspecified atom stereocenters. The quantitative estimate of drug-likeness (QED) is 0.768. The van der Waals surface area contributed by atoms with Gasteiger partial charge in [-0.25, -0.2) is 9.78 Å². The zero-order valence-corrected chi connectivity index (χ0v) is 14.4. The van der Waals surface area contributed by atoms with E-state index in [-0.39, 0.29) is 5.52 Å². The van der Waals surface area contributed by atoms with Gasteiger partial charge in [-0.2, -0.15) is 0 Å². The number of methoxy groups -OCH3 is 2. The Morgan fingerprint density at radius 2 is 1.84 bits per heavy atom. The van der Waals surface area contributed by atoms with E-state index in [9.17, 15) is 9.59 Å². The summed E-state index contributed by atoms with van der Waals surface area (Å²) in [6, 6.07) is 5.45. The van der Waals surface area contributed by atoms with Gasteiger partial charge in [-0.1, -0.05) is 0 Å². The molecule has 8 nitrogen and oxygen atoms in total. The molecule has 0 atom stereocenters. The lowest BCUT2D eigenvalue weighted by Crippen LogP contribution is -2.36. The van der Waals surface area contributed by atoms with Crippen molar-refractivity contribution in [3.63, 3.8) is 0 Å². The van der Waals surface area contributed by atoms with Crippen molar-refractivity contribution in [1.82, 2.24) is 19.1 Å². The van der Waals surface area contributed by atoms with E-state index >= 15 is 0 Å². The van der Waals surface area contributed by atoms with Crippen molar-refractivity contribution in [2.45, 2.75) is 0 Å². The molecule has 1 N–H and O–H groups in total. The summed E-state index contributed by atoms with van der Waals surface area (Å²) in [4.78, 5) is 31.4. The summed E-state index contributed by atoms with van der Waals surface area (Å²) in [5, 5.41) is 0. The lowest BCUT2D eigenvalue weighted by Gasteiger charge is -2.06. The molecule has 0 saturated carbocycles. The number of hydrogen-bond acceptors (Lipinski definition) is 5. The van der Waals surface area contributed by atoms with Crippen LogP contribution >= 0.6 is 0 Å². The number of H-pyrrole nitrogens is 1. The maximum atomic E-state index is 12.2. The number of fused-ring (bicyclic) bond motifs is 1. The summed E-state index contributed by atoms with van der Waals surface area (Å²) in [6.45, 7) is 0. The van der Waals surface area contributed by atoms with Crippen molar-refractivity contribution in [3.05, 3.63) is 50.4 Å². The zero-order chi connectivity index (χ0) is 18.1. The molecule has 0 amide bonds. The monoisotopic (exact) mass is 342 g/mol. The number of imidazole rings is 1. The highest BCUT2D eigenvalue weighted by Crippen LogP contribution is 2.26. The first-order chi connectivity index (χ1) is 12.0. The average Bonchev–Trinajstić information content (AvgIpc) is 3.07. The fourth-order valence-electron chi connectivity index (χ4n) is 2.55. The number of rotatable bonds is 4. The molecule has 1 aromatic carbocycles. The largest absolute Gasteiger partial charge is 0.497 e. The second kappa shape index (κ2) is 6.31. The highest BCUT2D eigenvalue weighted by molar-refractivity contribution is 5.76. The second-order valence-electron chi connectivity index (χ2n) is 5.47. The van der Waals surface area contributed by atoms with Crippen LogP contribution in [0.2, 0.25) is 0 Å². The zero-order valence-electron chi connectivity index (χ0n) is 14.4. The molecule has 3 rings (SSSR count). The molecule has 0 aliphatic rings. The third-order valence-corrected chi connectivity index (χ3v) is 3.97. The van der Waals surface area contributed by atoms with Crippen LogP contribution in [0.4, 0.5) is 0 Å². The predicted octanol–water partition coefficient (Wildman–Crippen LogP) is 1.15. The molecule has 0 bridgehead atoms. The lowest BCUT2D eigenvalue weighted by molar-refractivity contribution is 0.394. The molecule has 0 fully saturated rings. The van der Waals surface area contributed by atoms with Crippen LogP contribution in [-0.2, 0) is 14.1 Å². The number of benzene rings is 1. The van der Waals surface area contributed by atoms with Crippen LogP contribution in [-0.4, -0.2) is 33.3 Å². The van der Waals surface area contributed by atoms with Crippen LogP contribution < -0.4 is 20.7 Å². The van der Waals surface area contributed by atoms with Crippen LogP contribution in [0.1, 0.15) is 11.4 Å². The highest BCUT2D eigenvalue weighted by Gasteiger charge is 2.12. The molecule has 0 radical (unpaired) electrons. The smallest absolute Gasteiger partial charge is 0.332 e. The summed E-state index contributed by atoms with van der Waals surface area (Å²) >= 11 is 0. The van der Waals surface area contributed by atoms with Crippen molar-refractivity contribution in [1.29, 1.82) is 0 Å². The second-order valence-corrected chi connectivity index (χ2v) is 5.47. The minimum absolute atomic E-state index is 0.283. The van der Waals surface area contributed by atoms with Crippen LogP contribution in [0.3, 0.4) is 0 Å². The van der Waals surface area contributed by atoms with E-state index in [1.807, 2.05) is 12.1 Å². The molecule has 8 heteroatoms. The van der Waals surface area contributed by atoms with E-state index in [2.05, 4.69) is 9.97 Å². The SMILES string of the molecule is COc1ccc(/C=C/c2nc3c([nH]2)c(=O)n(C)c(=O)n3C)c(OC)c1. The Bertz CT molecular complexity index is 1090. The Morgan fingerprint density at radius 1 is 1.08 bits per heavy atom. The standard InChI is InChI=1S/C17H18N4O4/c1-20-15-14(16(22)21(2)17(20)23)18-13(19-15)8-6-10-5-7-11(24-3)9-12(10)25-4/h5-9H,1-4H3,(H,18,19)/b8-6+. The molecule has 2 aromatic heterocycles. The molecule has 3 aromatic rings. The van der Waals surface area contributed by atoms with Crippen LogP contribution in [0, 0.1) is 0 Å². The van der Waals surface area contributed by atoms with Crippen LogP contribution in [0.15, 0.2) is 27.8 Å². The van der Waals surface area contributed by atoms with Gasteiger partial charge in [-0.15, -0.1) is 0 Å². The molecule has 130 valence electrons. The van der Waals surface area contributed by atoms with Gasteiger partial charge in [-0.3, -0.25) is 13.9 Å². The third kappa shape index (κ3) is 2.82. The molecule has 25 heavy (non-hydrogen) atoms. The maximum Gasteiger partial charge on any atom is 0.332 e. The van der Waals surface area contributed by atoms with E-state index < -0.39 is 11.2 Å². The van der Waals surface area contributed by atoms with Gasteiger partial charge >= 0.3 is 5.69 Å². The number of aryl methyl sites for hydroxylation is 1. The maximum absolute atomic E-state index is 12.2. The Labute approximate surface area is 143 Å². The molecule has 0 saturated heterocycles.